The molecule has 1 heterocycles. The first-order chi connectivity index (χ1) is 12.8. The number of methoxy groups -OCH3 is 1. The van der Waals surface area contributed by atoms with Crippen molar-refractivity contribution in [2.24, 2.45) is 5.92 Å². The van der Waals surface area contributed by atoms with Gasteiger partial charge in [0.2, 0.25) is 5.78 Å². The first kappa shape index (κ1) is 19.2. The van der Waals surface area contributed by atoms with E-state index in [0.29, 0.717) is 11.3 Å². The number of H-pyrrole nitrogens is 1. The number of carbonyl (C=O) groups is 2. The number of aromatic nitrogens is 1. The predicted molar refractivity (Wildman–Crippen MR) is 103 cm³/mol. The van der Waals surface area contributed by atoms with Crippen molar-refractivity contribution in [1.29, 1.82) is 5.26 Å². The summed E-state index contributed by atoms with van der Waals surface area (Å²) in [5.74, 6) is -0.960. The first-order valence-corrected chi connectivity index (χ1v) is 9.01. The molecule has 5 nitrogen and oxygen atoms in total. The molecule has 7 heteroatoms. The summed E-state index contributed by atoms with van der Waals surface area (Å²) < 4.78 is 4.69. The zero-order valence-electron chi connectivity index (χ0n) is 14.9. The molecule has 0 spiro atoms. The highest BCUT2D eigenvalue weighted by atomic mass is 35.5. The van der Waals surface area contributed by atoms with E-state index in [2.05, 4.69) is 15.8 Å². The molecular weight excluding hydrogens is 387 g/mol. The van der Waals surface area contributed by atoms with Crippen LogP contribution < -0.4 is 0 Å². The highest BCUT2D eigenvalue weighted by molar-refractivity contribution is 6.42. The van der Waals surface area contributed by atoms with Crippen LogP contribution in [-0.2, 0) is 4.74 Å². The molecule has 1 aliphatic carbocycles. The van der Waals surface area contributed by atoms with Crippen LogP contribution in [0.25, 0.3) is 6.08 Å². The molecule has 27 heavy (non-hydrogen) atoms. The van der Waals surface area contributed by atoms with E-state index in [-0.39, 0.29) is 33.0 Å². The van der Waals surface area contributed by atoms with Gasteiger partial charge in [-0.1, -0.05) is 37.0 Å². The van der Waals surface area contributed by atoms with Gasteiger partial charge in [-0.05, 0) is 41.7 Å². The Morgan fingerprint density at radius 3 is 2.56 bits per heavy atom. The Labute approximate surface area is 166 Å². The van der Waals surface area contributed by atoms with Gasteiger partial charge in [-0.3, -0.25) is 4.79 Å². The number of rotatable bonds is 3. The summed E-state index contributed by atoms with van der Waals surface area (Å²) in [4.78, 5) is 28.0. The number of ether oxygens (including phenoxy) is 1. The van der Waals surface area contributed by atoms with E-state index in [1.807, 2.05) is 13.8 Å². The summed E-state index contributed by atoms with van der Waals surface area (Å²) >= 11 is 12.5. The molecule has 2 aromatic rings. The monoisotopic (exact) mass is 402 g/mol. The third kappa shape index (κ3) is 3.16. The molecule has 1 N–H and O–H groups in total. The zero-order chi connectivity index (χ0) is 19.9. The summed E-state index contributed by atoms with van der Waals surface area (Å²) in [5, 5.41) is 9.38. The lowest BCUT2D eigenvalue weighted by Crippen LogP contribution is -2.12. The van der Waals surface area contributed by atoms with Crippen LogP contribution >= 0.6 is 23.2 Å². The van der Waals surface area contributed by atoms with Crippen LogP contribution in [0.2, 0.25) is 10.0 Å². The number of hydrogen-bond acceptors (Lipinski definition) is 4. The van der Waals surface area contributed by atoms with Crippen molar-refractivity contribution in [2.45, 2.75) is 19.8 Å². The smallest absolute Gasteiger partial charge is 0.339 e. The number of ketones is 1. The molecule has 3 rings (SSSR count). The van der Waals surface area contributed by atoms with Gasteiger partial charge < -0.3 is 9.72 Å². The Kier molecular flexibility index (Phi) is 5.14. The fraction of sp³-hybridized carbons (Fsp3) is 0.250. The molecule has 0 saturated heterocycles. The molecule has 0 bridgehead atoms. The summed E-state index contributed by atoms with van der Waals surface area (Å²) in [6.45, 7) is 3.98. The molecule has 138 valence electrons. The number of nitrogens with zero attached hydrogens (tertiary/aromatic N) is 1. The van der Waals surface area contributed by atoms with Crippen molar-refractivity contribution >= 4 is 41.0 Å². The number of carbonyl (C=O) groups excluding carboxylic acids is 2. The van der Waals surface area contributed by atoms with Gasteiger partial charge in [-0.15, -0.1) is 0 Å². The fourth-order valence-corrected chi connectivity index (χ4v) is 3.85. The lowest BCUT2D eigenvalue weighted by molar-refractivity contribution is 0.0601. The molecule has 0 saturated carbocycles. The quantitative estimate of drug-likeness (QED) is 0.578. The normalized spacial score (nSPS) is 18.3. The minimum absolute atomic E-state index is 0.0324. The highest BCUT2D eigenvalue weighted by Crippen LogP contribution is 2.39. The van der Waals surface area contributed by atoms with Crippen molar-refractivity contribution in [3.63, 3.8) is 0 Å². The molecule has 2 unspecified atom stereocenters. The Balaban J connectivity index is 2.10. The van der Waals surface area contributed by atoms with Crippen molar-refractivity contribution in [2.75, 3.05) is 7.11 Å². The average molecular weight is 403 g/mol. The van der Waals surface area contributed by atoms with E-state index < -0.39 is 11.8 Å². The molecule has 1 aromatic carbocycles. The second-order valence-corrected chi connectivity index (χ2v) is 7.23. The fourth-order valence-electron chi connectivity index (χ4n) is 3.23. The number of hydrogen-bond donors (Lipinski definition) is 1. The van der Waals surface area contributed by atoms with Gasteiger partial charge in [-0.2, -0.15) is 5.26 Å². The number of halogens is 2. The van der Waals surface area contributed by atoms with Crippen LogP contribution in [0.3, 0.4) is 0 Å². The number of allylic oxidation sites excluding steroid dienone is 1. The number of benzene rings is 1. The second kappa shape index (κ2) is 7.22. The van der Waals surface area contributed by atoms with Gasteiger partial charge in [0.15, 0.2) is 0 Å². The van der Waals surface area contributed by atoms with E-state index >= 15 is 0 Å². The van der Waals surface area contributed by atoms with Crippen LogP contribution in [0.15, 0.2) is 23.8 Å². The Morgan fingerprint density at radius 1 is 1.22 bits per heavy atom. The Bertz CT molecular complexity index is 1030. The Morgan fingerprint density at radius 2 is 1.93 bits per heavy atom. The zero-order valence-corrected chi connectivity index (χ0v) is 16.4. The first-order valence-electron chi connectivity index (χ1n) is 8.25. The summed E-state index contributed by atoms with van der Waals surface area (Å²) in [5.41, 5.74) is 2.71. The van der Waals surface area contributed by atoms with Crippen LogP contribution in [0.4, 0.5) is 0 Å². The van der Waals surface area contributed by atoms with E-state index in [4.69, 9.17) is 23.2 Å². The van der Waals surface area contributed by atoms with Gasteiger partial charge in [-0.25, -0.2) is 4.79 Å². The van der Waals surface area contributed by atoms with Crippen molar-refractivity contribution in [3.05, 3.63) is 61.9 Å². The summed E-state index contributed by atoms with van der Waals surface area (Å²) in [6.07, 6.45) is 1.75. The minimum Gasteiger partial charge on any atom is -0.465 e. The highest BCUT2D eigenvalue weighted by Gasteiger charge is 2.29. The maximum atomic E-state index is 13.1. The van der Waals surface area contributed by atoms with E-state index in [1.165, 1.54) is 19.2 Å². The van der Waals surface area contributed by atoms with Gasteiger partial charge >= 0.3 is 5.97 Å². The van der Waals surface area contributed by atoms with Gasteiger partial charge in [0.1, 0.15) is 0 Å². The number of nitriles is 1. The van der Waals surface area contributed by atoms with Gasteiger partial charge in [0.05, 0.1) is 40.0 Å². The Hall–Kier alpha value is -2.55. The SMILES string of the molecule is COC(=O)c1ccc(Cl)c(C(=O)c2cc3c([nH]2)C=C(C#N)C(C)C3C)c1Cl. The average Bonchev–Trinajstić information content (AvgIpc) is 3.08. The third-order valence-electron chi connectivity index (χ3n) is 5.01. The van der Waals surface area contributed by atoms with E-state index in [9.17, 15) is 14.9 Å². The maximum Gasteiger partial charge on any atom is 0.339 e. The lowest BCUT2D eigenvalue weighted by atomic mass is 9.79. The van der Waals surface area contributed by atoms with Crippen LogP contribution in [0.1, 0.15) is 57.4 Å². The number of nitrogens with one attached hydrogen (secondary N) is 1. The topological polar surface area (TPSA) is 83.0 Å². The van der Waals surface area contributed by atoms with Crippen LogP contribution in [-0.4, -0.2) is 23.8 Å². The number of fused-ring (bicyclic) bond motifs is 1. The standard InChI is InChI=1S/C20H16Cl2N2O3/c1-9-10(2)13-7-16(24-15(13)6-11(9)8-23)19(25)17-14(21)5-4-12(18(17)22)20(26)27-3/h4-7,9-10,24H,1-3H3. The molecule has 0 fully saturated rings. The number of esters is 1. The van der Waals surface area contributed by atoms with Gasteiger partial charge in [0.25, 0.3) is 0 Å². The third-order valence-corrected chi connectivity index (χ3v) is 5.72. The molecule has 1 aromatic heterocycles. The molecule has 0 aliphatic heterocycles. The van der Waals surface area contributed by atoms with Crippen LogP contribution in [0, 0.1) is 17.2 Å². The summed E-state index contributed by atoms with van der Waals surface area (Å²) in [7, 11) is 1.23. The van der Waals surface area contributed by atoms with Crippen molar-refractivity contribution < 1.29 is 14.3 Å². The molecule has 1 aliphatic rings. The maximum absolute atomic E-state index is 13.1. The molecular formula is C20H16Cl2N2O3. The minimum atomic E-state index is -0.652. The largest absolute Gasteiger partial charge is 0.465 e. The number of aromatic amines is 1. The second-order valence-electron chi connectivity index (χ2n) is 6.45. The van der Waals surface area contributed by atoms with Crippen molar-refractivity contribution in [1.82, 2.24) is 4.98 Å². The van der Waals surface area contributed by atoms with Crippen LogP contribution in [0.5, 0.6) is 0 Å². The molecule has 0 radical (unpaired) electrons. The molecule has 0 amide bonds. The lowest BCUT2D eigenvalue weighted by Gasteiger charge is -2.23. The van der Waals surface area contributed by atoms with E-state index in [1.54, 1.807) is 12.1 Å². The summed E-state index contributed by atoms with van der Waals surface area (Å²) in [6, 6.07) is 6.81. The van der Waals surface area contributed by atoms with Crippen molar-refractivity contribution in [3.8, 4) is 6.07 Å². The predicted octanol–water partition coefficient (Wildman–Crippen LogP) is 5.00. The van der Waals surface area contributed by atoms with E-state index in [0.717, 1.165) is 11.3 Å². The molecule has 2 atom stereocenters. The van der Waals surface area contributed by atoms with Gasteiger partial charge in [0, 0.05) is 11.3 Å².